The van der Waals surface area contributed by atoms with Crippen molar-refractivity contribution in [2.24, 2.45) is 5.10 Å². The molecule has 0 heterocycles. The Bertz CT molecular complexity index is 558. The van der Waals surface area contributed by atoms with Gasteiger partial charge in [-0.15, -0.1) is 0 Å². The van der Waals surface area contributed by atoms with Gasteiger partial charge >= 0.3 is 11.8 Å². The van der Waals surface area contributed by atoms with E-state index in [1.165, 1.54) is 18.2 Å². The Hall–Kier alpha value is -2.17. The maximum Gasteiger partial charge on any atom is 0.329 e. The Balaban J connectivity index is 1.79. The molecule has 0 saturated heterocycles. The summed E-state index contributed by atoms with van der Waals surface area (Å²) in [6.45, 7) is 4.27. The van der Waals surface area contributed by atoms with Crippen molar-refractivity contribution >= 4 is 18.0 Å². The fraction of sp³-hybridized carbons (Fsp3) is 0.500. The molecule has 1 aliphatic rings. The number of carbonyl (C=O) groups is 2. The van der Waals surface area contributed by atoms with Crippen LogP contribution in [-0.4, -0.2) is 24.1 Å². The zero-order valence-electron chi connectivity index (χ0n) is 13.8. The number of amides is 2. The fourth-order valence-corrected chi connectivity index (χ4v) is 2.68. The van der Waals surface area contributed by atoms with Crippen LogP contribution in [0.4, 0.5) is 0 Å². The van der Waals surface area contributed by atoms with Gasteiger partial charge in [-0.1, -0.05) is 57.4 Å². The number of hydrogen-bond donors (Lipinski definition) is 2. The molecule has 5 nitrogen and oxygen atoms in total. The standard InChI is InChI=1S/C18H25N3O2/c1-13(2)15-10-8-14(9-11-15)12-19-21-18(23)17(22)20-16-6-4-3-5-7-16/h8-13,16H,3-7H2,1-2H3,(H,20,22)(H,21,23)/b19-12-. The molecule has 0 bridgehead atoms. The molecule has 0 radical (unpaired) electrons. The van der Waals surface area contributed by atoms with E-state index in [-0.39, 0.29) is 6.04 Å². The number of nitrogens with zero attached hydrogens (tertiary/aromatic N) is 1. The molecule has 0 aliphatic heterocycles. The second-order valence-electron chi connectivity index (χ2n) is 6.33. The Morgan fingerprint density at radius 3 is 2.35 bits per heavy atom. The molecule has 1 aromatic carbocycles. The molecular formula is C18H25N3O2. The number of benzene rings is 1. The van der Waals surface area contributed by atoms with Gasteiger partial charge in [-0.2, -0.15) is 5.10 Å². The number of carbonyl (C=O) groups excluding carboxylic acids is 2. The third-order valence-electron chi connectivity index (χ3n) is 4.13. The second-order valence-corrected chi connectivity index (χ2v) is 6.33. The molecule has 1 aromatic rings. The van der Waals surface area contributed by atoms with E-state index >= 15 is 0 Å². The van der Waals surface area contributed by atoms with Gasteiger partial charge < -0.3 is 5.32 Å². The molecule has 0 aromatic heterocycles. The van der Waals surface area contributed by atoms with Gasteiger partial charge in [0.25, 0.3) is 0 Å². The lowest BCUT2D eigenvalue weighted by atomic mass is 9.95. The first-order valence-electron chi connectivity index (χ1n) is 8.30. The summed E-state index contributed by atoms with van der Waals surface area (Å²) >= 11 is 0. The summed E-state index contributed by atoms with van der Waals surface area (Å²) < 4.78 is 0. The Kier molecular flexibility index (Phi) is 6.32. The van der Waals surface area contributed by atoms with Crippen LogP contribution in [0.1, 0.15) is 63.0 Å². The van der Waals surface area contributed by atoms with E-state index in [0.717, 1.165) is 31.2 Å². The van der Waals surface area contributed by atoms with Crippen molar-refractivity contribution in [1.29, 1.82) is 0 Å². The maximum absolute atomic E-state index is 11.8. The van der Waals surface area contributed by atoms with Crippen LogP contribution < -0.4 is 10.7 Å². The van der Waals surface area contributed by atoms with Crippen LogP contribution in [-0.2, 0) is 9.59 Å². The Morgan fingerprint density at radius 1 is 1.09 bits per heavy atom. The highest BCUT2D eigenvalue weighted by atomic mass is 16.2. The average Bonchev–Trinajstić information content (AvgIpc) is 2.56. The molecule has 124 valence electrons. The van der Waals surface area contributed by atoms with Gasteiger partial charge in [-0.25, -0.2) is 5.43 Å². The van der Waals surface area contributed by atoms with Crippen LogP contribution in [0, 0.1) is 0 Å². The largest absolute Gasteiger partial charge is 0.345 e. The van der Waals surface area contributed by atoms with E-state index in [2.05, 4.69) is 29.7 Å². The van der Waals surface area contributed by atoms with Crippen molar-refractivity contribution < 1.29 is 9.59 Å². The van der Waals surface area contributed by atoms with Gasteiger partial charge in [0.15, 0.2) is 0 Å². The number of nitrogens with one attached hydrogen (secondary N) is 2. The second kappa shape index (κ2) is 8.46. The molecule has 0 unspecified atom stereocenters. The number of rotatable bonds is 4. The van der Waals surface area contributed by atoms with Gasteiger partial charge in [0.2, 0.25) is 0 Å². The van der Waals surface area contributed by atoms with Crippen molar-refractivity contribution in [2.45, 2.75) is 57.9 Å². The van der Waals surface area contributed by atoms with Crippen molar-refractivity contribution in [2.75, 3.05) is 0 Å². The van der Waals surface area contributed by atoms with E-state index < -0.39 is 11.8 Å². The summed E-state index contributed by atoms with van der Waals surface area (Å²) in [6, 6.07) is 8.06. The molecule has 0 atom stereocenters. The van der Waals surface area contributed by atoms with Crippen molar-refractivity contribution in [3.8, 4) is 0 Å². The smallest absolute Gasteiger partial charge is 0.329 e. The molecule has 2 N–H and O–H groups in total. The lowest BCUT2D eigenvalue weighted by Gasteiger charge is -2.22. The predicted molar refractivity (Wildman–Crippen MR) is 91.3 cm³/mol. The van der Waals surface area contributed by atoms with Crippen LogP contribution in [0.3, 0.4) is 0 Å². The van der Waals surface area contributed by atoms with Gasteiger partial charge in [0, 0.05) is 6.04 Å². The monoisotopic (exact) mass is 315 g/mol. The molecule has 1 fully saturated rings. The van der Waals surface area contributed by atoms with E-state index in [9.17, 15) is 9.59 Å². The van der Waals surface area contributed by atoms with E-state index in [4.69, 9.17) is 0 Å². The van der Waals surface area contributed by atoms with Crippen LogP contribution in [0.25, 0.3) is 0 Å². The quantitative estimate of drug-likeness (QED) is 0.509. The first-order chi connectivity index (χ1) is 11.1. The summed E-state index contributed by atoms with van der Waals surface area (Å²) in [5.74, 6) is -0.848. The molecule has 1 aliphatic carbocycles. The summed E-state index contributed by atoms with van der Waals surface area (Å²) in [7, 11) is 0. The van der Waals surface area contributed by atoms with Crippen LogP contribution in [0.2, 0.25) is 0 Å². The SMILES string of the molecule is CC(C)c1ccc(/C=N\NC(=O)C(=O)NC2CCCCC2)cc1. The van der Waals surface area contributed by atoms with Crippen molar-refractivity contribution in [3.05, 3.63) is 35.4 Å². The lowest BCUT2D eigenvalue weighted by Crippen LogP contribution is -2.44. The van der Waals surface area contributed by atoms with Crippen molar-refractivity contribution in [1.82, 2.24) is 10.7 Å². The van der Waals surface area contributed by atoms with Gasteiger partial charge in [-0.05, 0) is 29.9 Å². The predicted octanol–water partition coefficient (Wildman–Crippen LogP) is 2.71. The zero-order chi connectivity index (χ0) is 16.7. The molecule has 1 saturated carbocycles. The van der Waals surface area contributed by atoms with E-state index in [1.807, 2.05) is 24.3 Å². The number of hydrazone groups is 1. The lowest BCUT2D eigenvalue weighted by molar-refractivity contribution is -0.139. The van der Waals surface area contributed by atoms with E-state index in [0.29, 0.717) is 5.92 Å². The van der Waals surface area contributed by atoms with Gasteiger partial charge in [0.1, 0.15) is 0 Å². The third kappa shape index (κ3) is 5.51. The van der Waals surface area contributed by atoms with Crippen LogP contribution in [0.15, 0.2) is 29.4 Å². The third-order valence-corrected chi connectivity index (χ3v) is 4.13. The van der Waals surface area contributed by atoms with Crippen molar-refractivity contribution in [3.63, 3.8) is 0 Å². The van der Waals surface area contributed by atoms with Crippen LogP contribution in [0.5, 0.6) is 0 Å². The first-order valence-corrected chi connectivity index (χ1v) is 8.30. The highest BCUT2D eigenvalue weighted by molar-refractivity contribution is 6.35. The molecule has 2 amide bonds. The summed E-state index contributed by atoms with van der Waals surface area (Å²) in [5, 5.41) is 6.61. The summed E-state index contributed by atoms with van der Waals surface area (Å²) in [6.07, 6.45) is 6.86. The first kappa shape index (κ1) is 17.2. The Labute approximate surface area is 137 Å². The summed E-state index contributed by atoms with van der Waals surface area (Å²) in [4.78, 5) is 23.5. The molecule has 23 heavy (non-hydrogen) atoms. The van der Waals surface area contributed by atoms with Gasteiger partial charge in [-0.3, -0.25) is 9.59 Å². The molecule has 5 heteroatoms. The molecular weight excluding hydrogens is 290 g/mol. The van der Waals surface area contributed by atoms with Gasteiger partial charge in [0.05, 0.1) is 6.21 Å². The Morgan fingerprint density at radius 2 is 1.74 bits per heavy atom. The minimum absolute atomic E-state index is 0.120. The van der Waals surface area contributed by atoms with E-state index in [1.54, 1.807) is 0 Å². The highest BCUT2D eigenvalue weighted by Crippen LogP contribution is 2.17. The fourth-order valence-electron chi connectivity index (χ4n) is 2.68. The molecule has 0 spiro atoms. The maximum atomic E-state index is 11.8. The molecule has 2 rings (SSSR count). The minimum Gasteiger partial charge on any atom is -0.345 e. The zero-order valence-corrected chi connectivity index (χ0v) is 13.8. The topological polar surface area (TPSA) is 70.6 Å². The normalized spacial score (nSPS) is 15.8. The van der Waals surface area contributed by atoms with Crippen LogP contribution >= 0.6 is 0 Å². The average molecular weight is 315 g/mol. The highest BCUT2D eigenvalue weighted by Gasteiger charge is 2.19. The number of hydrogen-bond acceptors (Lipinski definition) is 3. The summed E-state index contributed by atoms with van der Waals surface area (Å²) in [5.41, 5.74) is 4.40. The minimum atomic E-state index is -0.717.